The van der Waals surface area contributed by atoms with Crippen LogP contribution in [0.15, 0.2) is 54.6 Å². The first-order valence-corrected chi connectivity index (χ1v) is 7.77. The Kier molecular flexibility index (Phi) is 3.67. The van der Waals surface area contributed by atoms with Gasteiger partial charge in [-0.2, -0.15) is 0 Å². The van der Waals surface area contributed by atoms with E-state index in [9.17, 15) is 14.0 Å². The summed E-state index contributed by atoms with van der Waals surface area (Å²) in [4.78, 5) is 25.2. The molecule has 0 radical (unpaired) electrons. The second kappa shape index (κ2) is 5.44. The Bertz CT molecular complexity index is 791. The van der Waals surface area contributed by atoms with Gasteiger partial charge in [0.25, 0.3) is 0 Å². The topological polar surface area (TPSA) is 72.2 Å². The van der Waals surface area contributed by atoms with Crippen LogP contribution in [0.5, 0.6) is 0 Å². The number of carbonyl (C=O) groups is 2. The van der Waals surface area contributed by atoms with Crippen LogP contribution >= 0.6 is 0 Å². The Hall–Kier alpha value is -2.69. The van der Waals surface area contributed by atoms with Gasteiger partial charge in [0.1, 0.15) is 11.2 Å². The predicted molar refractivity (Wildman–Crippen MR) is 89.6 cm³/mol. The zero-order valence-corrected chi connectivity index (χ0v) is 13.5. The molecule has 0 aromatic heterocycles. The lowest BCUT2D eigenvalue weighted by molar-refractivity contribution is -0.133. The van der Waals surface area contributed by atoms with Gasteiger partial charge < -0.3 is 11.1 Å². The molecule has 0 spiro atoms. The summed E-state index contributed by atoms with van der Waals surface area (Å²) in [5.41, 5.74) is 4.97. The number of amides is 2. The van der Waals surface area contributed by atoms with Crippen LogP contribution in [0.25, 0.3) is 0 Å². The van der Waals surface area contributed by atoms with Crippen molar-refractivity contribution in [2.24, 2.45) is 17.1 Å². The van der Waals surface area contributed by atoms with Crippen molar-refractivity contribution in [1.82, 2.24) is 0 Å². The van der Waals surface area contributed by atoms with Crippen molar-refractivity contribution in [2.75, 3.05) is 5.32 Å². The third-order valence-corrected chi connectivity index (χ3v) is 5.47. The van der Waals surface area contributed by atoms with Gasteiger partial charge in [-0.1, -0.05) is 44.2 Å². The monoisotopic (exact) mass is 326 g/mol. The molecule has 1 fully saturated rings. The molecule has 1 aliphatic carbocycles. The summed E-state index contributed by atoms with van der Waals surface area (Å²) in [5, 5.41) is 2.70. The summed E-state index contributed by atoms with van der Waals surface area (Å²) in [6.07, 6.45) is 0. The Labute approximate surface area is 139 Å². The van der Waals surface area contributed by atoms with Crippen molar-refractivity contribution < 1.29 is 14.0 Å². The van der Waals surface area contributed by atoms with Gasteiger partial charge in [-0.3, -0.25) is 9.59 Å². The molecule has 124 valence electrons. The second-order valence-electron chi connectivity index (χ2n) is 6.42. The van der Waals surface area contributed by atoms with Gasteiger partial charge in [0.05, 0.1) is 0 Å². The first-order chi connectivity index (χ1) is 11.3. The number of halogens is 1. The Morgan fingerprint density at radius 2 is 1.67 bits per heavy atom. The Balaban J connectivity index is 1.97. The maximum Gasteiger partial charge on any atom is 0.241 e. The maximum atomic E-state index is 13.0. The van der Waals surface area contributed by atoms with Gasteiger partial charge in [0.15, 0.2) is 0 Å². The number of anilines is 1. The van der Waals surface area contributed by atoms with Crippen LogP contribution in [0.2, 0.25) is 0 Å². The van der Waals surface area contributed by atoms with Crippen LogP contribution in [0.4, 0.5) is 10.1 Å². The first-order valence-electron chi connectivity index (χ1n) is 7.77. The van der Waals surface area contributed by atoms with Gasteiger partial charge in [-0.15, -0.1) is 0 Å². The zero-order valence-electron chi connectivity index (χ0n) is 13.5. The zero-order chi connectivity index (χ0) is 17.5. The van der Waals surface area contributed by atoms with Gasteiger partial charge in [-0.25, -0.2) is 4.39 Å². The number of rotatable bonds is 4. The molecule has 3 N–H and O–H groups in total. The van der Waals surface area contributed by atoms with Gasteiger partial charge in [0, 0.05) is 11.1 Å². The summed E-state index contributed by atoms with van der Waals surface area (Å²) in [6.45, 7) is 3.73. The summed E-state index contributed by atoms with van der Waals surface area (Å²) in [6, 6.07) is 14.8. The molecule has 0 bridgehead atoms. The third-order valence-electron chi connectivity index (χ3n) is 5.47. The minimum absolute atomic E-state index is 0.245. The molecular formula is C19H19FN2O2. The Morgan fingerprint density at radius 1 is 1.08 bits per heavy atom. The minimum Gasteiger partial charge on any atom is -0.369 e. The van der Waals surface area contributed by atoms with Gasteiger partial charge in [0.2, 0.25) is 11.8 Å². The lowest BCUT2D eigenvalue weighted by Gasteiger charge is -2.20. The fourth-order valence-electron chi connectivity index (χ4n) is 3.88. The third kappa shape index (κ3) is 2.04. The number of carbonyl (C=O) groups excluding carboxylic acids is 2. The van der Waals surface area contributed by atoms with E-state index in [2.05, 4.69) is 5.32 Å². The Morgan fingerprint density at radius 3 is 2.21 bits per heavy atom. The van der Waals surface area contributed by atoms with E-state index in [4.69, 9.17) is 5.73 Å². The van der Waals surface area contributed by atoms with E-state index in [0.717, 1.165) is 5.56 Å². The normalized spacial score (nSPS) is 28.2. The van der Waals surface area contributed by atoms with Crippen LogP contribution < -0.4 is 11.1 Å². The molecule has 0 aliphatic heterocycles. The first kappa shape index (κ1) is 16.2. The molecule has 2 aromatic carbocycles. The highest BCUT2D eigenvalue weighted by molar-refractivity contribution is 6.15. The van der Waals surface area contributed by atoms with E-state index in [1.165, 1.54) is 24.3 Å². The molecule has 5 heteroatoms. The predicted octanol–water partition coefficient (Wildman–Crippen LogP) is 2.84. The van der Waals surface area contributed by atoms with Gasteiger partial charge >= 0.3 is 0 Å². The largest absolute Gasteiger partial charge is 0.369 e. The average Bonchev–Trinajstić information content (AvgIpc) is 3.09. The summed E-state index contributed by atoms with van der Waals surface area (Å²) in [5.74, 6) is -1.75. The molecule has 0 heterocycles. The number of nitrogens with one attached hydrogen (secondary N) is 1. The quantitative estimate of drug-likeness (QED) is 0.848. The molecule has 0 saturated heterocycles. The number of hydrogen-bond donors (Lipinski definition) is 2. The fourth-order valence-corrected chi connectivity index (χ4v) is 3.88. The fraction of sp³-hybridized carbons (Fsp3) is 0.263. The molecule has 2 amide bonds. The molecular weight excluding hydrogens is 307 g/mol. The van der Waals surface area contributed by atoms with Crippen LogP contribution in [-0.2, 0) is 15.0 Å². The summed E-state index contributed by atoms with van der Waals surface area (Å²) >= 11 is 0. The van der Waals surface area contributed by atoms with E-state index < -0.39 is 28.5 Å². The number of nitrogens with two attached hydrogens (primary N) is 1. The molecule has 2 aromatic rings. The van der Waals surface area contributed by atoms with E-state index in [1.54, 1.807) is 0 Å². The van der Waals surface area contributed by atoms with Crippen molar-refractivity contribution in [1.29, 1.82) is 0 Å². The second-order valence-corrected chi connectivity index (χ2v) is 6.42. The van der Waals surface area contributed by atoms with Crippen LogP contribution in [-0.4, -0.2) is 11.8 Å². The van der Waals surface area contributed by atoms with Crippen molar-refractivity contribution in [2.45, 2.75) is 19.3 Å². The van der Waals surface area contributed by atoms with E-state index in [-0.39, 0.29) is 5.92 Å². The van der Waals surface area contributed by atoms with Crippen LogP contribution in [0, 0.1) is 17.2 Å². The van der Waals surface area contributed by atoms with E-state index in [1.807, 2.05) is 44.2 Å². The maximum absolute atomic E-state index is 13.0. The summed E-state index contributed by atoms with van der Waals surface area (Å²) in [7, 11) is 0. The molecule has 1 saturated carbocycles. The standard InChI is InChI=1S/C19H19FN2O2/c1-12-18(2,13-6-4-3-5-7-13)19(12,16(21)23)17(24)22-15-10-8-14(20)9-11-15/h3-12H,1-2H3,(H2,21,23)(H,22,24). The smallest absolute Gasteiger partial charge is 0.241 e. The lowest BCUT2D eigenvalue weighted by atomic mass is 9.86. The van der Waals surface area contributed by atoms with Crippen molar-refractivity contribution >= 4 is 17.5 Å². The van der Waals surface area contributed by atoms with Crippen molar-refractivity contribution in [3.63, 3.8) is 0 Å². The molecule has 3 unspecified atom stereocenters. The van der Waals surface area contributed by atoms with Gasteiger partial charge in [-0.05, 0) is 35.7 Å². The van der Waals surface area contributed by atoms with Crippen LogP contribution in [0.3, 0.4) is 0 Å². The average molecular weight is 326 g/mol. The number of benzene rings is 2. The van der Waals surface area contributed by atoms with E-state index >= 15 is 0 Å². The minimum atomic E-state index is -1.33. The highest BCUT2D eigenvalue weighted by Crippen LogP contribution is 2.69. The summed E-state index contributed by atoms with van der Waals surface area (Å²) < 4.78 is 13.0. The molecule has 24 heavy (non-hydrogen) atoms. The highest BCUT2D eigenvalue weighted by Gasteiger charge is 2.79. The molecule has 4 nitrogen and oxygen atoms in total. The van der Waals surface area contributed by atoms with Crippen molar-refractivity contribution in [3.05, 3.63) is 66.0 Å². The van der Waals surface area contributed by atoms with Crippen LogP contribution in [0.1, 0.15) is 19.4 Å². The molecule has 1 aliphatic rings. The molecule has 3 rings (SSSR count). The SMILES string of the molecule is CC1C(C(N)=O)(C(=O)Nc2ccc(F)cc2)C1(C)c1ccccc1. The number of hydrogen-bond acceptors (Lipinski definition) is 2. The molecule has 3 atom stereocenters. The van der Waals surface area contributed by atoms with E-state index in [0.29, 0.717) is 5.69 Å². The lowest BCUT2D eigenvalue weighted by Crippen LogP contribution is -2.41. The number of primary amides is 1. The highest BCUT2D eigenvalue weighted by atomic mass is 19.1. The van der Waals surface area contributed by atoms with Crippen molar-refractivity contribution in [3.8, 4) is 0 Å².